The average Bonchev–Trinajstić information content (AvgIpc) is 3.33. The van der Waals surface area contributed by atoms with Crippen LogP contribution in [0.25, 0.3) is 21.7 Å². The zero-order valence-electron chi connectivity index (χ0n) is 22.5. The summed E-state index contributed by atoms with van der Waals surface area (Å²) in [7, 11) is 0. The number of hydrogen-bond donors (Lipinski definition) is 5. The van der Waals surface area contributed by atoms with E-state index < -0.39 is 0 Å². The fraction of sp³-hybridized carbons (Fsp3) is 0.156. The minimum atomic E-state index is -0.237. The molecular formula is C32H32N6O3. The second kappa shape index (κ2) is 12.3. The summed E-state index contributed by atoms with van der Waals surface area (Å²) >= 11 is 0. The first kappa shape index (κ1) is 27.3. The highest BCUT2D eigenvalue weighted by molar-refractivity contribution is 6.10. The van der Waals surface area contributed by atoms with Crippen molar-refractivity contribution in [3.05, 3.63) is 102 Å². The molecule has 0 fully saturated rings. The lowest BCUT2D eigenvalue weighted by Crippen LogP contribution is -2.23. The van der Waals surface area contributed by atoms with E-state index in [1.807, 2.05) is 71.3 Å². The van der Waals surface area contributed by atoms with Crippen LogP contribution in [0, 0.1) is 0 Å². The number of carbonyl (C=O) groups is 2. The van der Waals surface area contributed by atoms with E-state index in [1.165, 1.54) is 0 Å². The molecule has 0 saturated heterocycles. The Morgan fingerprint density at radius 1 is 0.854 bits per heavy atom. The number of phenols is 1. The van der Waals surface area contributed by atoms with Gasteiger partial charge in [-0.05, 0) is 66.3 Å². The van der Waals surface area contributed by atoms with Crippen molar-refractivity contribution in [3.8, 4) is 5.75 Å². The summed E-state index contributed by atoms with van der Waals surface area (Å²) in [5, 5.41) is 18.3. The van der Waals surface area contributed by atoms with E-state index in [2.05, 4.69) is 15.6 Å². The van der Waals surface area contributed by atoms with Gasteiger partial charge in [0.25, 0.3) is 5.91 Å². The molecule has 0 spiro atoms. The fourth-order valence-corrected chi connectivity index (χ4v) is 4.88. The van der Waals surface area contributed by atoms with Crippen molar-refractivity contribution in [2.75, 3.05) is 17.2 Å². The number of guanidine groups is 1. The van der Waals surface area contributed by atoms with Crippen LogP contribution in [0.1, 0.15) is 28.9 Å². The maximum absolute atomic E-state index is 13.6. The number of phenolic OH excluding ortho intramolecular Hbond substituents is 1. The first-order valence-corrected chi connectivity index (χ1v) is 13.4. The number of carbonyl (C=O) groups excluding carboxylic acids is 2. The van der Waals surface area contributed by atoms with Crippen molar-refractivity contribution in [1.29, 1.82) is 0 Å². The van der Waals surface area contributed by atoms with Crippen molar-refractivity contribution in [2.24, 2.45) is 16.5 Å². The molecule has 0 aliphatic heterocycles. The summed E-state index contributed by atoms with van der Waals surface area (Å²) in [6, 6.07) is 28.0. The van der Waals surface area contributed by atoms with Crippen molar-refractivity contribution in [1.82, 2.24) is 4.57 Å². The van der Waals surface area contributed by atoms with Crippen LogP contribution < -0.4 is 22.1 Å². The molecule has 5 rings (SSSR count). The van der Waals surface area contributed by atoms with Gasteiger partial charge in [-0.2, -0.15) is 0 Å². The van der Waals surface area contributed by atoms with Crippen molar-refractivity contribution < 1.29 is 14.7 Å². The Morgan fingerprint density at radius 3 is 2.44 bits per heavy atom. The van der Waals surface area contributed by atoms with Crippen LogP contribution in [0.2, 0.25) is 0 Å². The molecule has 0 aliphatic rings. The number of fused-ring (bicyclic) bond motifs is 2. The number of nitrogens with two attached hydrogens (primary N) is 2. The van der Waals surface area contributed by atoms with Crippen molar-refractivity contribution in [2.45, 2.75) is 25.8 Å². The summed E-state index contributed by atoms with van der Waals surface area (Å²) < 4.78 is 1.95. The van der Waals surface area contributed by atoms with Crippen molar-refractivity contribution in [3.63, 3.8) is 0 Å². The second-order valence-corrected chi connectivity index (χ2v) is 9.81. The van der Waals surface area contributed by atoms with E-state index in [0.29, 0.717) is 43.7 Å². The summed E-state index contributed by atoms with van der Waals surface area (Å²) in [6.07, 6.45) is 1.48. The maximum atomic E-state index is 13.6. The molecule has 4 aromatic carbocycles. The van der Waals surface area contributed by atoms with E-state index in [1.54, 1.807) is 24.3 Å². The van der Waals surface area contributed by atoms with Crippen LogP contribution in [0.4, 0.5) is 11.4 Å². The van der Waals surface area contributed by atoms with Gasteiger partial charge in [0.05, 0.1) is 0 Å². The third-order valence-corrected chi connectivity index (χ3v) is 6.87. The highest BCUT2D eigenvalue weighted by atomic mass is 16.3. The van der Waals surface area contributed by atoms with Crippen LogP contribution in [0.15, 0.2) is 96.0 Å². The maximum Gasteiger partial charge on any atom is 0.272 e. The quantitative estimate of drug-likeness (QED) is 0.0948. The summed E-state index contributed by atoms with van der Waals surface area (Å²) in [5.41, 5.74) is 14.7. The molecule has 0 radical (unpaired) electrons. The molecule has 7 N–H and O–H groups in total. The van der Waals surface area contributed by atoms with Gasteiger partial charge in [-0.1, -0.05) is 48.5 Å². The zero-order chi connectivity index (χ0) is 28.8. The lowest BCUT2D eigenvalue weighted by atomic mass is 10.1. The van der Waals surface area contributed by atoms with Crippen LogP contribution in [-0.2, 0) is 17.8 Å². The smallest absolute Gasteiger partial charge is 0.272 e. The predicted molar refractivity (Wildman–Crippen MR) is 164 cm³/mol. The molecule has 2 amide bonds. The molecule has 1 heterocycles. The molecule has 0 aliphatic carbocycles. The van der Waals surface area contributed by atoms with Crippen LogP contribution in [0.5, 0.6) is 5.75 Å². The molecule has 41 heavy (non-hydrogen) atoms. The number of aromatic hydroxyl groups is 1. The number of anilines is 2. The Hall–Kier alpha value is -5.31. The minimum Gasteiger partial charge on any atom is -0.508 e. The molecule has 0 saturated carbocycles. The average molecular weight is 549 g/mol. The minimum absolute atomic E-state index is 0.0297. The van der Waals surface area contributed by atoms with E-state index >= 15 is 0 Å². The topological polar surface area (TPSA) is 148 Å². The Morgan fingerprint density at radius 2 is 1.63 bits per heavy atom. The highest BCUT2D eigenvalue weighted by Gasteiger charge is 2.17. The molecule has 1 aromatic heterocycles. The Bertz CT molecular complexity index is 1730. The number of amides is 2. The molecule has 0 unspecified atom stereocenters. The highest BCUT2D eigenvalue weighted by Crippen LogP contribution is 2.27. The van der Waals surface area contributed by atoms with Crippen molar-refractivity contribution >= 4 is 50.8 Å². The lowest BCUT2D eigenvalue weighted by Gasteiger charge is -2.12. The Kier molecular flexibility index (Phi) is 8.15. The van der Waals surface area contributed by atoms with Gasteiger partial charge in [0.2, 0.25) is 5.91 Å². The number of aryl methyl sites for hydroxylation is 2. The van der Waals surface area contributed by atoms with Gasteiger partial charge in [-0.3, -0.25) is 14.6 Å². The summed E-state index contributed by atoms with van der Waals surface area (Å²) in [6.45, 7) is 0.957. The molecule has 5 aromatic rings. The number of nitrogens with one attached hydrogen (secondary N) is 2. The van der Waals surface area contributed by atoms with Gasteiger partial charge in [0.1, 0.15) is 11.4 Å². The first-order valence-electron chi connectivity index (χ1n) is 13.4. The molecular weight excluding hydrogens is 516 g/mol. The van der Waals surface area contributed by atoms with Crippen LogP contribution >= 0.6 is 0 Å². The third kappa shape index (κ3) is 6.65. The Balaban J connectivity index is 1.38. The molecule has 9 nitrogen and oxygen atoms in total. The van der Waals surface area contributed by atoms with E-state index in [0.717, 1.165) is 32.9 Å². The van der Waals surface area contributed by atoms with Gasteiger partial charge in [0, 0.05) is 47.2 Å². The number of rotatable bonds is 10. The normalized spacial score (nSPS) is 10.9. The lowest BCUT2D eigenvalue weighted by molar-refractivity contribution is -0.116. The summed E-state index contributed by atoms with van der Waals surface area (Å²) in [5.74, 6) is -0.135. The van der Waals surface area contributed by atoms with E-state index in [-0.39, 0.29) is 23.5 Å². The first-order chi connectivity index (χ1) is 19.9. The fourth-order valence-electron chi connectivity index (χ4n) is 4.88. The molecule has 0 atom stereocenters. The number of nitrogens with zero attached hydrogens (tertiary/aromatic N) is 2. The van der Waals surface area contributed by atoms with Gasteiger partial charge in [-0.25, -0.2) is 0 Å². The van der Waals surface area contributed by atoms with E-state index in [4.69, 9.17) is 11.5 Å². The zero-order valence-corrected chi connectivity index (χ0v) is 22.5. The molecule has 0 bridgehead atoms. The van der Waals surface area contributed by atoms with Gasteiger partial charge in [-0.15, -0.1) is 0 Å². The van der Waals surface area contributed by atoms with Gasteiger partial charge in [0.15, 0.2) is 5.96 Å². The molecule has 208 valence electrons. The monoisotopic (exact) mass is 548 g/mol. The third-order valence-electron chi connectivity index (χ3n) is 6.87. The standard InChI is InChI=1S/C32H32N6O3/c33-32(34)35-17-4-18-38-28-15-12-24(36-30(40)16-11-21-9-13-25(39)14-10-21)19-23(28)20-29(38)31(41)37-27-8-3-6-22-5-1-2-7-26(22)27/h1-3,5-10,12-15,19-20,39H,4,11,16-18H2,(H,36,40)(H,37,41)(H4,33,34,35). The number of aliphatic imine (C=N–C) groups is 1. The summed E-state index contributed by atoms with van der Waals surface area (Å²) in [4.78, 5) is 30.3. The number of benzene rings is 4. The number of hydrogen-bond acceptors (Lipinski definition) is 4. The van der Waals surface area contributed by atoms with Crippen LogP contribution in [0.3, 0.4) is 0 Å². The largest absolute Gasteiger partial charge is 0.508 e. The van der Waals surface area contributed by atoms with Gasteiger partial charge >= 0.3 is 0 Å². The predicted octanol–water partition coefficient (Wildman–Crippen LogP) is 4.99. The second-order valence-electron chi connectivity index (χ2n) is 9.81. The van der Waals surface area contributed by atoms with E-state index in [9.17, 15) is 14.7 Å². The molecule has 9 heteroatoms. The van der Waals surface area contributed by atoms with Gasteiger partial charge < -0.3 is 31.8 Å². The number of aromatic nitrogens is 1. The van der Waals surface area contributed by atoms with Crippen LogP contribution in [-0.4, -0.2) is 34.0 Å². The SMILES string of the molecule is NC(N)=NCCCn1c(C(=O)Nc2cccc3ccccc23)cc2cc(NC(=O)CCc3ccc(O)cc3)ccc21. The Labute approximate surface area is 237 Å².